The number of aromatic nitrogens is 2. The van der Waals surface area contributed by atoms with E-state index in [1.54, 1.807) is 11.9 Å². The predicted octanol–water partition coefficient (Wildman–Crippen LogP) is 2.73. The molecule has 6 nitrogen and oxygen atoms in total. The molecule has 0 bridgehead atoms. The third kappa shape index (κ3) is 4.83. The predicted molar refractivity (Wildman–Crippen MR) is 96.8 cm³/mol. The van der Waals surface area contributed by atoms with E-state index in [-0.39, 0.29) is 12.1 Å². The van der Waals surface area contributed by atoms with E-state index in [4.69, 9.17) is 0 Å². The van der Waals surface area contributed by atoms with Gasteiger partial charge in [0, 0.05) is 19.2 Å². The molecule has 0 radical (unpaired) electrons. The number of nitrogens with one attached hydrogen (secondary N) is 2. The molecule has 2 aromatic rings. The fourth-order valence-corrected chi connectivity index (χ4v) is 2.41. The van der Waals surface area contributed by atoms with Crippen molar-refractivity contribution in [2.75, 3.05) is 34.2 Å². The molecule has 1 atom stereocenters. The third-order valence-electron chi connectivity index (χ3n) is 4.08. The molecule has 0 aliphatic rings. The minimum atomic E-state index is -0.0798. The summed E-state index contributed by atoms with van der Waals surface area (Å²) >= 11 is 0. The average Bonchev–Trinajstić information content (AvgIpc) is 3.08. The fraction of sp³-hybridized carbons (Fsp3) is 0.444. The SMILES string of the molecule is CC(c1cc(-c2ccccc2)n[nH]1)N(C)C(=O)NCCCN(C)C. The van der Waals surface area contributed by atoms with E-state index in [2.05, 4.69) is 20.4 Å². The molecule has 0 aliphatic heterocycles. The van der Waals surface area contributed by atoms with Crippen LogP contribution in [0.2, 0.25) is 0 Å². The van der Waals surface area contributed by atoms with Crippen LogP contribution < -0.4 is 5.32 Å². The third-order valence-corrected chi connectivity index (χ3v) is 4.08. The zero-order valence-electron chi connectivity index (χ0n) is 14.9. The molecular weight excluding hydrogens is 302 g/mol. The normalized spacial score (nSPS) is 12.2. The molecule has 2 rings (SSSR count). The Morgan fingerprint density at radius 3 is 2.62 bits per heavy atom. The first-order valence-electron chi connectivity index (χ1n) is 8.25. The molecule has 1 aromatic carbocycles. The van der Waals surface area contributed by atoms with E-state index in [0.29, 0.717) is 6.54 Å². The van der Waals surface area contributed by atoms with E-state index < -0.39 is 0 Å². The van der Waals surface area contributed by atoms with Gasteiger partial charge in [0.25, 0.3) is 0 Å². The number of H-pyrrole nitrogens is 1. The van der Waals surface area contributed by atoms with Crippen LogP contribution in [0.25, 0.3) is 11.3 Å². The monoisotopic (exact) mass is 329 g/mol. The highest BCUT2D eigenvalue weighted by Crippen LogP contribution is 2.22. The van der Waals surface area contributed by atoms with E-state index in [0.717, 1.165) is 29.9 Å². The van der Waals surface area contributed by atoms with Crippen molar-refractivity contribution in [3.05, 3.63) is 42.1 Å². The molecule has 2 N–H and O–H groups in total. The Bertz CT molecular complexity index is 638. The Balaban J connectivity index is 1.92. The fourth-order valence-electron chi connectivity index (χ4n) is 2.41. The average molecular weight is 329 g/mol. The van der Waals surface area contributed by atoms with Gasteiger partial charge < -0.3 is 15.1 Å². The summed E-state index contributed by atoms with van der Waals surface area (Å²) in [6.45, 7) is 3.62. The maximum Gasteiger partial charge on any atom is 0.317 e. The largest absolute Gasteiger partial charge is 0.338 e. The van der Waals surface area contributed by atoms with Crippen LogP contribution in [0.5, 0.6) is 0 Å². The molecule has 1 aromatic heterocycles. The van der Waals surface area contributed by atoms with E-state index in [9.17, 15) is 4.79 Å². The highest BCUT2D eigenvalue weighted by atomic mass is 16.2. The van der Waals surface area contributed by atoms with Gasteiger partial charge in [0.1, 0.15) is 0 Å². The van der Waals surface area contributed by atoms with Crippen molar-refractivity contribution in [2.24, 2.45) is 0 Å². The molecule has 0 saturated carbocycles. The summed E-state index contributed by atoms with van der Waals surface area (Å²) < 4.78 is 0. The van der Waals surface area contributed by atoms with E-state index in [1.807, 2.05) is 57.4 Å². The zero-order chi connectivity index (χ0) is 17.5. The molecule has 1 heterocycles. The minimum Gasteiger partial charge on any atom is -0.338 e. The number of benzene rings is 1. The molecule has 0 aliphatic carbocycles. The number of carbonyl (C=O) groups is 1. The summed E-state index contributed by atoms with van der Waals surface area (Å²) in [6, 6.07) is 11.8. The van der Waals surface area contributed by atoms with Gasteiger partial charge in [-0.15, -0.1) is 0 Å². The Hall–Kier alpha value is -2.34. The highest BCUT2D eigenvalue weighted by molar-refractivity contribution is 5.74. The van der Waals surface area contributed by atoms with Gasteiger partial charge in [0.2, 0.25) is 0 Å². The molecule has 24 heavy (non-hydrogen) atoms. The lowest BCUT2D eigenvalue weighted by molar-refractivity contribution is 0.193. The molecule has 130 valence electrons. The van der Waals surface area contributed by atoms with Crippen molar-refractivity contribution in [2.45, 2.75) is 19.4 Å². The smallest absolute Gasteiger partial charge is 0.317 e. The molecule has 6 heteroatoms. The van der Waals surface area contributed by atoms with Gasteiger partial charge in [-0.1, -0.05) is 30.3 Å². The van der Waals surface area contributed by atoms with Crippen LogP contribution in [0, 0.1) is 0 Å². The highest BCUT2D eigenvalue weighted by Gasteiger charge is 2.19. The van der Waals surface area contributed by atoms with Crippen molar-refractivity contribution < 1.29 is 4.79 Å². The maximum absolute atomic E-state index is 12.2. The van der Waals surface area contributed by atoms with Crippen LogP contribution in [0.3, 0.4) is 0 Å². The summed E-state index contributed by atoms with van der Waals surface area (Å²) in [4.78, 5) is 16.0. The summed E-state index contributed by atoms with van der Waals surface area (Å²) in [6.07, 6.45) is 0.934. The van der Waals surface area contributed by atoms with Gasteiger partial charge in [0.15, 0.2) is 0 Å². The van der Waals surface area contributed by atoms with E-state index >= 15 is 0 Å². The molecule has 0 spiro atoms. The number of urea groups is 1. The Morgan fingerprint density at radius 2 is 1.96 bits per heavy atom. The first-order chi connectivity index (χ1) is 11.5. The van der Waals surface area contributed by atoms with Gasteiger partial charge in [-0.2, -0.15) is 5.10 Å². The van der Waals surface area contributed by atoms with Gasteiger partial charge in [0.05, 0.1) is 17.4 Å². The Kier molecular flexibility index (Phi) is 6.37. The number of aromatic amines is 1. The van der Waals surface area contributed by atoms with Crippen molar-refractivity contribution in [3.8, 4) is 11.3 Å². The van der Waals surface area contributed by atoms with Gasteiger partial charge in [-0.3, -0.25) is 5.10 Å². The van der Waals surface area contributed by atoms with Crippen LogP contribution in [0.4, 0.5) is 4.79 Å². The second-order valence-corrected chi connectivity index (χ2v) is 6.25. The van der Waals surface area contributed by atoms with Crippen LogP contribution in [-0.4, -0.2) is 60.3 Å². The minimum absolute atomic E-state index is 0.0721. The quantitative estimate of drug-likeness (QED) is 0.768. The second kappa shape index (κ2) is 8.49. The molecule has 0 saturated heterocycles. The van der Waals surface area contributed by atoms with Crippen molar-refractivity contribution >= 4 is 6.03 Å². The number of nitrogens with zero attached hydrogens (tertiary/aromatic N) is 3. The number of hydrogen-bond donors (Lipinski definition) is 2. The lowest BCUT2D eigenvalue weighted by atomic mass is 10.1. The van der Waals surface area contributed by atoms with Crippen LogP contribution in [0.1, 0.15) is 25.1 Å². The zero-order valence-corrected chi connectivity index (χ0v) is 14.9. The van der Waals surface area contributed by atoms with Gasteiger partial charge in [-0.05, 0) is 40.1 Å². The molecule has 0 fully saturated rings. The van der Waals surface area contributed by atoms with Crippen molar-refractivity contribution in [1.29, 1.82) is 0 Å². The summed E-state index contributed by atoms with van der Waals surface area (Å²) in [7, 11) is 5.85. The summed E-state index contributed by atoms with van der Waals surface area (Å²) in [5, 5.41) is 10.4. The first-order valence-corrected chi connectivity index (χ1v) is 8.25. The van der Waals surface area contributed by atoms with Crippen molar-refractivity contribution in [1.82, 2.24) is 25.3 Å². The number of hydrogen-bond acceptors (Lipinski definition) is 3. The van der Waals surface area contributed by atoms with Crippen LogP contribution in [-0.2, 0) is 0 Å². The Morgan fingerprint density at radius 1 is 1.25 bits per heavy atom. The topological polar surface area (TPSA) is 64.3 Å². The molecule has 1 unspecified atom stereocenters. The maximum atomic E-state index is 12.2. The summed E-state index contributed by atoms with van der Waals surface area (Å²) in [5.41, 5.74) is 2.86. The Labute approximate surface area is 143 Å². The van der Waals surface area contributed by atoms with Gasteiger partial charge >= 0.3 is 6.03 Å². The van der Waals surface area contributed by atoms with Gasteiger partial charge in [-0.25, -0.2) is 4.79 Å². The summed E-state index contributed by atoms with van der Waals surface area (Å²) in [5.74, 6) is 0. The molecular formula is C18H27N5O. The second-order valence-electron chi connectivity index (χ2n) is 6.25. The van der Waals surface area contributed by atoms with Crippen LogP contribution >= 0.6 is 0 Å². The number of rotatable bonds is 7. The lowest BCUT2D eigenvalue weighted by Crippen LogP contribution is -2.39. The lowest BCUT2D eigenvalue weighted by Gasteiger charge is -2.24. The number of carbonyl (C=O) groups excluding carboxylic acids is 1. The molecule has 2 amide bonds. The van der Waals surface area contributed by atoms with Crippen LogP contribution in [0.15, 0.2) is 36.4 Å². The van der Waals surface area contributed by atoms with E-state index in [1.165, 1.54) is 0 Å². The van der Waals surface area contributed by atoms with Crippen molar-refractivity contribution in [3.63, 3.8) is 0 Å². The standard InChI is InChI=1S/C18H27N5O/c1-14(23(4)18(24)19-11-8-12-22(2)3)16-13-17(21-20-16)15-9-6-5-7-10-15/h5-7,9-10,13-14H,8,11-12H2,1-4H3,(H,19,24)(H,20,21). The number of amides is 2. The first kappa shape index (κ1) is 18.0.